The van der Waals surface area contributed by atoms with Crippen LogP contribution in [0.4, 0.5) is 11.4 Å². The number of nitrogens with one attached hydrogen (secondary N) is 1. The standard InChI is InChI=1S/C23H24BrN3O2/c1-15-18-5-3-4-6-20(18)25-16(2)19(15)14-23(28)26-21-13-17(24)7-8-22(21)27-9-11-29-12-10-27/h3-8,13H,9-12,14H2,1-2H3,(H,26,28). The summed E-state index contributed by atoms with van der Waals surface area (Å²) in [5.41, 5.74) is 5.81. The van der Waals surface area contributed by atoms with Gasteiger partial charge in [-0.2, -0.15) is 0 Å². The number of carbonyl (C=O) groups excluding carboxylic acids is 1. The van der Waals surface area contributed by atoms with Crippen LogP contribution >= 0.6 is 15.9 Å². The second kappa shape index (κ2) is 8.51. The molecule has 0 aliphatic carbocycles. The predicted molar refractivity (Wildman–Crippen MR) is 121 cm³/mol. The molecule has 4 rings (SSSR count). The van der Waals surface area contributed by atoms with Gasteiger partial charge in [0.1, 0.15) is 0 Å². The van der Waals surface area contributed by atoms with Crippen LogP contribution in [0.1, 0.15) is 16.8 Å². The number of morpholine rings is 1. The number of pyridine rings is 1. The summed E-state index contributed by atoms with van der Waals surface area (Å²) in [6, 6.07) is 14.1. The van der Waals surface area contributed by atoms with Crippen molar-refractivity contribution in [1.82, 2.24) is 4.98 Å². The predicted octanol–water partition coefficient (Wildman–Crippen LogP) is 4.63. The van der Waals surface area contributed by atoms with Gasteiger partial charge in [-0.1, -0.05) is 34.1 Å². The summed E-state index contributed by atoms with van der Waals surface area (Å²) in [5, 5.41) is 4.22. The smallest absolute Gasteiger partial charge is 0.228 e. The summed E-state index contributed by atoms with van der Waals surface area (Å²) < 4.78 is 6.40. The van der Waals surface area contributed by atoms with Gasteiger partial charge in [-0.25, -0.2) is 0 Å². The van der Waals surface area contributed by atoms with Crippen LogP contribution in [0.25, 0.3) is 10.9 Å². The fourth-order valence-corrected chi connectivity index (χ4v) is 4.24. The van der Waals surface area contributed by atoms with Crippen molar-refractivity contribution in [1.29, 1.82) is 0 Å². The number of benzene rings is 2. The third-order valence-electron chi connectivity index (χ3n) is 5.41. The Labute approximate surface area is 179 Å². The van der Waals surface area contributed by atoms with E-state index in [4.69, 9.17) is 9.72 Å². The van der Waals surface area contributed by atoms with Gasteiger partial charge in [0, 0.05) is 28.6 Å². The average Bonchev–Trinajstić information content (AvgIpc) is 2.72. The number of fused-ring (bicyclic) bond motifs is 1. The van der Waals surface area contributed by atoms with E-state index in [1.54, 1.807) is 0 Å². The van der Waals surface area contributed by atoms with Gasteiger partial charge in [0.05, 0.1) is 36.5 Å². The highest BCUT2D eigenvalue weighted by Gasteiger charge is 2.18. The van der Waals surface area contributed by atoms with Gasteiger partial charge in [0.2, 0.25) is 5.91 Å². The molecule has 1 aliphatic heterocycles. The van der Waals surface area contributed by atoms with Crippen LogP contribution in [0.15, 0.2) is 46.9 Å². The van der Waals surface area contributed by atoms with Gasteiger partial charge in [-0.05, 0) is 49.2 Å². The highest BCUT2D eigenvalue weighted by atomic mass is 79.9. The monoisotopic (exact) mass is 453 g/mol. The van der Waals surface area contributed by atoms with Crippen molar-refractivity contribution in [3.05, 3.63) is 63.8 Å². The molecular formula is C23H24BrN3O2. The topological polar surface area (TPSA) is 54.5 Å². The summed E-state index contributed by atoms with van der Waals surface area (Å²) >= 11 is 3.52. The third kappa shape index (κ3) is 4.28. The summed E-state index contributed by atoms with van der Waals surface area (Å²) in [7, 11) is 0. The van der Waals surface area contributed by atoms with E-state index in [2.05, 4.69) is 39.1 Å². The Balaban J connectivity index is 1.59. The van der Waals surface area contributed by atoms with E-state index < -0.39 is 0 Å². The first kappa shape index (κ1) is 19.9. The number of hydrogen-bond donors (Lipinski definition) is 1. The molecule has 1 amide bonds. The van der Waals surface area contributed by atoms with Crippen LogP contribution in [0.5, 0.6) is 0 Å². The SMILES string of the molecule is Cc1nc2ccccc2c(C)c1CC(=O)Nc1cc(Br)ccc1N1CCOCC1. The average molecular weight is 454 g/mol. The van der Waals surface area contributed by atoms with E-state index in [-0.39, 0.29) is 5.91 Å². The molecule has 0 spiro atoms. The number of halogens is 1. The molecule has 150 valence electrons. The Morgan fingerprint density at radius 2 is 1.93 bits per heavy atom. The minimum absolute atomic E-state index is 0.0408. The number of aromatic nitrogens is 1. The number of para-hydroxylation sites is 1. The van der Waals surface area contributed by atoms with E-state index in [0.29, 0.717) is 19.6 Å². The largest absolute Gasteiger partial charge is 0.378 e. The molecule has 3 aromatic rings. The molecule has 1 saturated heterocycles. The van der Waals surface area contributed by atoms with Gasteiger partial charge in [-0.15, -0.1) is 0 Å². The van der Waals surface area contributed by atoms with E-state index >= 15 is 0 Å². The van der Waals surface area contributed by atoms with E-state index in [1.807, 2.05) is 43.3 Å². The fourth-order valence-electron chi connectivity index (χ4n) is 3.87. The number of aryl methyl sites for hydroxylation is 2. The van der Waals surface area contributed by atoms with E-state index in [1.165, 1.54) is 0 Å². The maximum Gasteiger partial charge on any atom is 0.228 e. The van der Waals surface area contributed by atoms with Crippen molar-refractivity contribution in [3.63, 3.8) is 0 Å². The van der Waals surface area contributed by atoms with Crippen LogP contribution in [0.2, 0.25) is 0 Å². The van der Waals surface area contributed by atoms with Crippen molar-refractivity contribution < 1.29 is 9.53 Å². The van der Waals surface area contributed by atoms with Gasteiger partial charge in [0.25, 0.3) is 0 Å². The summed E-state index contributed by atoms with van der Waals surface area (Å²) in [6.07, 6.45) is 0.296. The normalized spacial score (nSPS) is 14.2. The molecule has 29 heavy (non-hydrogen) atoms. The van der Waals surface area contributed by atoms with Crippen LogP contribution < -0.4 is 10.2 Å². The lowest BCUT2D eigenvalue weighted by Crippen LogP contribution is -2.36. The van der Waals surface area contributed by atoms with Crippen LogP contribution in [-0.2, 0) is 16.0 Å². The molecule has 0 bridgehead atoms. The zero-order valence-corrected chi connectivity index (χ0v) is 18.3. The number of anilines is 2. The van der Waals surface area contributed by atoms with E-state index in [0.717, 1.165) is 56.7 Å². The molecule has 6 heteroatoms. The second-order valence-corrected chi connectivity index (χ2v) is 8.22. The molecule has 1 N–H and O–H groups in total. The van der Waals surface area contributed by atoms with Crippen LogP contribution in [-0.4, -0.2) is 37.2 Å². The minimum atomic E-state index is -0.0408. The number of ether oxygens (including phenoxy) is 1. The maximum absolute atomic E-state index is 13.0. The highest BCUT2D eigenvalue weighted by molar-refractivity contribution is 9.10. The van der Waals surface area contributed by atoms with Gasteiger partial charge >= 0.3 is 0 Å². The van der Waals surface area contributed by atoms with Crippen molar-refractivity contribution in [2.24, 2.45) is 0 Å². The molecular weight excluding hydrogens is 430 g/mol. The van der Waals surface area contributed by atoms with E-state index in [9.17, 15) is 4.79 Å². The molecule has 0 atom stereocenters. The molecule has 0 radical (unpaired) electrons. The first-order chi connectivity index (χ1) is 14.0. The number of hydrogen-bond acceptors (Lipinski definition) is 4. The van der Waals surface area contributed by atoms with Crippen LogP contribution in [0, 0.1) is 13.8 Å². The molecule has 1 aliphatic rings. The zero-order valence-electron chi connectivity index (χ0n) is 16.7. The molecule has 5 nitrogen and oxygen atoms in total. The molecule has 0 saturated carbocycles. The van der Waals surface area contributed by atoms with Gasteiger partial charge < -0.3 is 15.0 Å². The Hall–Kier alpha value is -2.44. The van der Waals surface area contributed by atoms with Crippen molar-refractivity contribution in [2.75, 3.05) is 36.5 Å². The Morgan fingerprint density at radius 3 is 2.72 bits per heavy atom. The third-order valence-corrected chi connectivity index (χ3v) is 5.90. The Morgan fingerprint density at radius 1 is 1.17 bits per heavy atom. The second-order valence-electron chi connectivity index (χ2n) is 7.30. The highest BCUT2D eigenvalue weighted by Crippen LogP contribution is 2.30. The summed E-state index contributed by atoms with van der Waals surface area (Å²) in [6.45, 7) is 7.07. The lowest BCUT2D eigenvalue weighted by atomic mass is 9.99. The number of amides is 1. The zero-order chi connectivity index (χ0) is 20.4. The first-order valence-electron chi connectivity index (χ1n) is 9.80. The van der Waals surface area contributed by atoms with Crippen molar-refractivity contribution >= 4 is 44.1 Å². The molecule has 1 fully saturated rings. The number of rotatable bonds is 4. The van der Waals surface area contributed by atoms with Gasteiger partial charge in [-0.3, -0.25) is 9.78 Å². The number of nitrogens with zero attached hydrogens (tertiary/aromatic N) is 2. The fraction of sp³-hybridized carbons (Fsp3) is 0.304. The number of carbonyl (C=O) groups is 1. The van der Waals surface area contributed by atoms with Crippen molar-refractivity contribution in [2.45, 2.75) is 20.3 Å². The Bertz CT molecular complexity index is 1060. The molecule has 1 aromatic heterocycles. The summed E-state index contributed by atoms with van der Waals surface area (Å²) in [5.74, 6) is -0.0408. The first-order valence-corrected chi connectivity index (χ1v) is 10.6. The van der Waals surface area contributed by atoms with Crippen molar-refractivity contribution in [3.8, 4) is 0 Å². The quantitative estimate of drug-likeness (QED) is 0.625. The maximum atomic E-state index is 13.0. The van der Waals surface area contributed by atoms with Crippen LogP contribution in [0.3, 0.4) is 0 Å². The lowest BCUT2D eigenvalue weighted by molar-refractivity contribution is -0.115. The molecule has 2 aromatic carbocycles. The molecule has 2 heterocycles. The lowest BCUT2D eigenvalue weighted by Gasteiger charge is -2.30. The minimum Gasteiger partial charge on any atom is -0.378 e. The molecule has 0 unspecified atom stereocenters. The van der Waals surface area contributed by atoms with Gasteiger partial charge in [0.15, 0.2) is 0 Å². The Kier molecular flexibility index (Phi) is 5.83. The summed E-state index contributed by atoms with van der Waals surface area (Å²) in [4.78, 5) is 19.9.